The Kier molecular flexibility index (Phi) is 5.49. The van der Waals surface area contributed by atoms with Crippen molar-refractivity contribution >= 4 is 23.8 Å². The van der Waals surface area contributed by atoms with Gasteiger partial charge in [0.1, 0.15) is 10.9 Å². The Morgan fingerprint density at radius 2 is 2.05 bits per heavy atom. The molecule has 0 radical (unpaired) electrons. The zero-order valence-electron chi connectivity index (χ0n) is 11.6. The van der Waals surface area contributed by atoms with Gasteiger partial charge in [-0.25, -0.2) is 4.79 Å². The minimum Gasteiger partial charge on any atom is -0.465 e. The molecule has 1 rings (SSSR count). The molecule has 3 atom stereocenters. The highest BCUT2D eigenvalue weighted by molar-refractivity contribution is 8.01. The van der Waals surface area contributed by atoms with E-state index in [1.807, 2.05) is 0 Å². The van der Waals surface area contributed by atoms with Gasteiger partial charge in [0, 0.05) is 5.75 Å². The predicted molar refractivity (Wildman–Crippen MR) is 72.0 cm³/mol. The van der Waals surface area contributed by atoms with E-state index in [4.69, 9.17) is 9.47 Å². The predicted octanol–water partition coefficient (Wildman–Crippen LogP) is 0.919. The zero-order valence-corrected chi connectivity index (χ0v) is 12.5. The molecule has 0 aliphatic carbocycles. The van der Waals surface area contributed by atoms with Crippen LogP contribution in [0, 0.1) is 0 Å². The topological polar surface area (TPSA) is 84.9 Å². The quantitative estimate of drug-likeness (QED) is 0.752. The number of hydrogen-bond donors (Lipinski definition) is 2. The summed E-state index contributed by atoms with van der Waals surface area (Å²) in [5.41, 5.74) is -0.596. The summed E-state index contributed by atoms with van der Waals surface area (Å²) in [5.74, 6) is -0.00217. The van der Waals surface area contributed by atoms with Crippen LogP contribution in [0.15, 0.2) is 0 Å². The van der Waals surface area contributed by atoms with E-state index < -0.39 is 35.1 Å². The smallest absolute Gasteiger partial charge is 0.407 e. The lowest BCUT2D eigenvalue weighted by Crippen LogP contribution is -2.47. The fourth-order valence-corrected chi connectivity index (χ4v) is 2.92. The maximum Gasteiger partial charge on any atom is 0.407 e. The third-order valence-electron chi connectivity index (χ3n) is 2.40. The van der Waals surface area contributed by atoms with Gasteiger partial charge < -0.3 is 19.9 Å². The average molecular weight is 291 g/mol. The molecule has 1 aliphatic rings. The Hall–Kier alpha value is -0.950. The second-order valence-corrected chi connectivity index (χ2v) is 6.42. The molecule has 1 aliphatic heterocycles. The number of hydrogen-bond acceptors (Lipinski definition) is 6. The van der Waals surface area contributed by atoms with E-state index in [1.165, 1.54) is 11.8 Å². The van der Waals surface area contributed by atoms with Crippen LogP contribution in [-0.2, 0) is 14.3 Å². The Labute approximate surface area is 117 Å². The highest BCUT2D eigenvalue weighted by Gasteiger charge is 2.42. The van der Waals surface area contributed by atoms with Gasteiger partial charge in [-0.15, -0.1) is 11.8 Å². The van der Waals surface area contributed by atoms with Gasteiger partial charge in [-0.05, 0) is 27.7 Å². The summed E-state index contributed by atoms with van der Waals surface area (Å²) >= 11 is 1.27. The van der Waals surface area contributed by atoms with Crippen molar-refractivity contribution in [3.63, 3.8) is 0 Å². The fourth-order valence-electron chi connectivity index (χ4n) is 1.63. The van der Waals surface area contributed by atoms with Gasteiger partial charge in [0.25, 0.3) is 0 Å². The number of carbonyl (C=O) groups is 2. The highest BCUT2D eigenvalue weighted by atomic mass is 32.2. The number of esters is 1. The van der Waals surface area contributed by atoms with E-state index >= 15 is 0 Å². The van der Waals surface area contributed by atoms with Gasteiger partial charge in [-0.3, -0.25) is 4.79 Å². The fraction of sp³-hybridized carbons (Fsp3) is 0.833. The zero-order chi connectivity index (χ0) is 14.6. The second-order valence-electron chi connectivity index (χ2n) is 5.25. The van der Waals surface area contributed by atoms with Crippen molar-refractivity contribution in [1.82, 2.24) is 5.32 Å². The molecule has 1 fully saturated rings. The lowest BCUT2D eigenvalue weighted by Gasteiger charge is -2.23. The number of aliphatic hydroxyl groups excluding tert-OH is 1. The summed E-state index contributed by atoms with van der Waals surface area (Å²) in [6, 6.07) is -0.505. The Morgan fingerprint density at radius 3 is 2.58 bits per heavy atom. The van der Waals surface area contributed by atoms with Crippen molar-refractivity contribution < 1.29 is 24.2 Å². The molecule has 0 aromatic carbocycles. The van der Waals surface area contributed by atoms with Gasteiger partial charge in [0.2, 0.25) is 0 Å². The lowest BCUT2D eigenvalue weighted by atomic mass is 10.1. The molecule has 2 unspecified atom stereocenters. The lowest BCUT2D eigenvalue weighted by molar-refractivity contribution is -0.144. The molecular formula is C12H21NO5S. The largest absolute Gasteiger partial charge is 0.465 e. The van der Waals surface area contributed by atoms with E-state index in [0.29, 0.717) is 5.75 Å². The van der Waals surface area contributed by atoms with Crippen molar-refractivity contribution in [2.24, 2.45) is 0 Å². The molecular weight excluding hydrogens is 270 g/mol. The average Bonchev–Trinajstić information content (AvgIpc) is 2.58. The number of nitrogens with one attached hydrogen (secondary N) is 1. The van der Waals surface area contributed by atoms with Gasteiger partial charge in [0.15, 0.2) is 0 Å². The van der Waals surface area contributed by atoms with E-state index in [1.54, 1.807) is 27.7 Å². The molecule has 1 saturated heterocycles. The highest BCUT2D eigenvalue weighted by Crippen LogP contribution is 2.28. The summed E-state index contributed by atoms with van der Waals surface area (Å²) in [7, 11) is 0. The molecule has 1 heterocycles. The summed E-state index contributed by atoms with van der Waals surface area (Å²) in [6.45, 7) is 7.25. The third kappa shape index (κ3) is 4.91. The van der Waals surface area contributed by atoms with Crippen LogP contribution in [0.25, 0.3) is 0 Å². The van der Waals surface area contributed by atoms with Crippen LogP contribution in [0.3, 0.4) is 0 Å². The maximum absolute atomic E-state index is 11.6. The third-order valence-corrected chi connectivity index (χ3v) is 3.78. The molecule has 0 bridgehead atoms. The van der Waals surface area contributed by atoms with Crippen LogP contribution in [0.2, 0.25) is 0 Å². The Balaban J connectivity index is 2.49. The summed E-state index contributed by atoms with van der Waals surface area (Å²) in [4.78, 5) is 23.2. The van der Waals surface area contributed by atoms with Crippen molar-refractivity contribution in [1.29, 1.82) is 0 Å². The van der Waals surface area contributed by atoms with E-state index in [-0.39, 0.29) is 6.61 Å². The SMILES string of the molecule is CCOC(=O)[C@@H]1SCC(NC(=O)OC(C)(C)C)C1O. The molecule has 2 N–H and O–H groups in total. The van der Waals surface area contributed by atoms with E-state index in [0.717, 1.165) is 0 Å². The van der Waals surface area contributed by atoms with Crippen LogP contribution < -0.4 is 5.32 Å². The molecule has 0 aromatic heterocycles. The minimum atomic E-state index is -0.962. The number of carbonyl (C=O) groups excluding carboxylic acids is 2. The normalized spacial score (nSPS) is 26.9. The molecule has 110 valence electrons. The number of aliphatic hydroxyl groups is 1. The van der Waals surface area contributed by atoms with Gasteiger partial charge in [-0.2, -0.15) is 0 Å². The summed E-state index contributed by atoms with van der Waals surface area (Å²) in [6.07, 6.45) is -1.56. The van der Waals surface area contributed by atoms with Crippen molar-refractivity contribution in [2.45, 2.75) is 50.7 Å². The van der Waals surface area contributed by atoms with E-state index in [2.05, 4.69) is 5.32 Å². The molecule has 7 heteroatoms. The number of thioether (sulfide) groups is 1. The molecule has 0 aromatic rings. The number of amides is 1. The van der Waals surface area contributed by atoms with Crippen LogP contribution in [0.1, 0.15) is 27.7 Å². The standard InChI is InChI=1S/C12H21NO5S/c1-5-17-10(15)9-8(14)7(6-19-9)13-11(16)18-12(2,3)4/h7-9,14H,5-6H2,1-4H3,(H,13,16)/t7?,8?,9-/m1/s1. The van der Waals surface area contributed by atoms with Crippen molar-refractivity contribution in [3.8, 4) is 0 Å². The monoisotopic (exact) mass is 291 g/mol. The minimum absolute atomic E-state index is 0.271. The molecule has 1 amide bonds. The molecule has 0 spiro atoms. The molecule has 6 nitrogen and oxygen atoms in total. The number of rotatable bonds is 3. The number of ether oxygens (including phenoxy) is 2. The Morgan fingerprint density at radius 1 is 1.42 bits per heavy atom. The van der Waals surface area contributed by atoms with Gasteiger partial charge in [0.05, 0.1) is 18.8 Å². The summed E-state index contributed by atoms with van der Waals surface area (Å²) < 4.78 is 9.97. The van der Waals surface area contributed by atoms with Crippen LogP contribution in [-0.4, -0.2) is 52.5 Å². The second kappa shape index (κ2) is 6.47. The van der Waals surface area contributed by atoms with Crippen molar-refractivity contribution in [3.05, 3.63) is 0 Å². The first kappa shape index (κ1) is 16.1. The number of alkyl carbamates (subject to hydrolysis) is 1. The van der Waals surface area contributed by atoms with Gasteiger partial charge >= 0.3 is 12.1 Å². The first-order chi connectivity index (χ1) is 8.74. The first-order valence-corrected chi connectivity index (χ1v) is 7.25. The Bertz CT molecular complexity index is 342. The first-order valence-electron chi connectivity index (χ1n) is 6.20. The van der Waals surface area contributed by atoms with Crippen LogP contribution >= 0.6 is 11.8 Å². The van der Waals surface area contributed by atoms with Crippen molar-refractivity contribution in [2.75, 3.05) is 12.4 Å². The summed E-state index contributed by atoms with van der Waals surface area (Å²) in [5, 5.41) is 11.9. The van der Waals surface area contributed by atoms with Crippen LogP contribution in [0.4, 0.5) is 4.79 Å². The van der Waals surface area contributed by atoms with Crippen LogP contribution in [0.5, 0.6) is 0 Å². The maximum atomic E-state index is 11.6. The van der Waals surface area contributed by atoms with E-state index in [9.17, 15) is 14.7 Å². The molecule has 19 heavy (non-hydrogen) atoms. The van der Waals surface area contributed by atoms with Gasteiger partial charge in [-0.1, -0.05) is 0 Å². The molecule has 0 saturated carbocycles.